The molecule has 4 amide bonds. The number of amides is 4. The van der Waals surface area contributed by atoms with Crippen molar-refractivity contribution in [1.29, 1.82) is 0 Å². The van der Waals surface area contributed by atoms with Crippen LogP contribution in [0.15, 0.2) is 30.5 Å². The fourth-order valence-corrected chi connectivity index (χ4v) is 6.15. The van der Waals surface area contributed by atoms with Gasteiger partial charge in [-0.05, 0) is 49.7 Å². The summed E-state index contributed by atoms with van der Waals surface area (Å²) in [6, 6.07) is 4.44. The summed E-state index contributed by atoms with van der Waals surface area (Å²) in [4.78, 5) is 71.9. The smallest absolute Gasteiger partial charge is 0.246 e. The van der Waals surface area contributed by atoms with Gasteiger partial charge in [0.2, 0.25) is 23.6 Å². The molecule has 10 nitrogen and oxygen atoms in total. The van der Waals surface area contributed by atoms with Crippen LogP contribution in [-0.2, 0) is 30.4 Å². The largest absolute Gasteiger partial charge is 0.361 e. The zero-order valence-electron chi connectivity index (χ0n) is 25.7. The number of H-pyrrole nitrogens is 1. The van der Waals surface area contributed by atoms with E-state index < -0.39 is 36.0 Å². The van der Waals surface area contributed by atoms with E-state index in [9.17, 15) is 24.0 Å². The minimum Gasteiger partial charge on any atom is -0.361 e. The molecule has 43 heavy (non-hydrogen) atoms. The molecule has 4 N–H and O–H groups in total. The van der Waals surface area contributed by atoms with E-state index in [1.54, 1.807) is 4.90 Å². The van der Waals surface area contributed by atoms with Gasteiger partial charge in [0.15, 0.2) is 0 Å². The first-order valence-electron chi connectivity index (χ1n) is 16.0. The van der Waals surface area contributed by atoms with E-state index in [2.05, 4.69) is 20.9 Å². The van der Waals surface area contributed by atoms with E-state index in [0.717, 1.165) is 42.1 Å². The maximum absolute atomic E-state index is 14.0. The van der Waals surface area contributed by atoms with Crippen molar-refractivity contribution >= 4 is 40.3 Å². The minimum absolute atomic E-state index is 0.165. The van der Waals surface area contributed by atoms with Crippen molar-refractivity contribution in [2.45, 2.75) is 116 Å². The van der Waals surface area contributed by atoms with Gasteiger partial charge in [-0.15, -0.1) is 0 Å². The molecule has 5 atom stereocenters. The number of Topliss-reactive ketones (excluding diaryl/α,β-unsaturated/α-hetero) is 1. The molecular weight excluding hydrogens is 546 g/mol. The topological polar surface area (TPSA) is 140 Å². The summed E-state index contributed by atoms with van der Waals surface area (Å²) in [6.07, 6.45) is 8.30. The third-order valence-corrected chi connectivity index (χ3v) is 9.07. The Morgan fingerprint density at radius 1 is 0.930 bits per heavy atom. The fraction of sp³-hybridized carbons (Fsp3) is 0.606. The number of benzene rings is 1. The lowest BCUT2D eigenvalue weighted by molar-refractivity contribution is -0.147. The number of para-hydroxylation sites is 1. The third kappa shape index (κ3) is 8.03. The number of nitrogens with one attached hydrogen (secondary N) is 4. The Hall–Kier alpha value is -3.69. The van der Waals surface area contributed by atoms with Crippen molar-refractivity contribution in [3.05, 3.63) is 36.0 Å². The van der Waals surface area contributed by atoms with Crippen LogP contribution in [0.2, 0.25) is 0 Å². The van der Waals surface area contributed by atoms with Crippen LogP contribution in [0.4, 0.5) is 0 Å². The van der Waals surface area contributed by atoms with Crippen LogP contribution in [0.25, 0.3) is 10.9 Å². The number of fused-ring (bicyclic) bond motifs is 2. The van der Waals surface area contributed by atoms with Crippen molar-refractivity contribution in [2.24, 2.45) is 5.92 Å². The van der Waals surface area contributed by atoms with Crippen molar-refractivity contribution in [3.63, 3.8) is 0 Å². The highest BCUT2D eigenvalue weighted by Gasteiger charge is 2.40. The second-order valence-electron chi connectivity index (χ2n) is 12.1. The maximum atomic E-state index is 14.0. The summed E-state index contributed by atoms with van der Waals surface area (Å²) in [7, 11) is 0. The zero-order valence-corrected chi connectivity index (χ0v) is 25.7. The second kappa shape index (κ2) is 15.2. The van der Waals surface area contributed by atoms with Crippen LogP contribution >= 0.6 is 0 Å². The molecule has 2 fully saturated rings. The molecule has 4 rings (SSSR count). The summed E-state index contributed by atoms with van der Waals surface area (Å²) >= 11 is 0. The molecule has 1 aromatic heterocycles. The fourth-order valence-electron chi connectivity index (χ4n) is 6.15. The van der Waals surface area contributed by atoms with Gasteiger partial charge in [-0.3, -0.25) is 24.0 Å². The number of carbonyl (C=O) groups excluding carboxylic acids is 5. The molecule has 2 saturated heterocycles. The molecule has 0 bridgehead atoms. The molecule has 10 heteroatoms. The van der Waals surface area contributed by atoms with E-state index in [4.69, 9.17) is 0 Å². The summed E-state index contributed by atoms with van der Waals surface area (Å²) in [6.45, 7) is 6.17. The lowest BCUT2D eigenvalue weighted by atomic mass is 9.93. The lowest BCUT2D eigenvalue weighted by Gasteiger charge is -2.39. The van der Waals surface area contributed by atoms with Crippen LogP contribution in [-0.4, -0.2) is 70.0 Å². The maximum Gasteiger partial charge on any atom is 0.246 e. The highest BCUT2D eigenvalue weighted by Crippen LogP contribution is 2.23. The van der Waals surface area contributed by atoms with Gasteiger partial charge in [-0.25, -0.2) is 0 Å². The highest BCUT2D eigenvalue weighted by molar-refractivity contribution is 5.98. The van der Waals surface area contributed by atoms with E-state index >= 15 is 0 Å². The lowest BCUT2D eigenvalue weighted by Crippen LogP contribution is -2.64. The molecule has 0 saturated carbocycles. The molecule has 1 aromatic carbocycles. The van der Waals surface area contributed by atoms with Gasteiger partial charge in [-0.2, -0.15) is 0 Å². The van der Waals surface area contributed by atoms with Crippen molar-refractivity contribution in [2.75, 3.05) is 6.54 Å². The Labute approximate surface area is 254 Å². The Morgan fingerprint density at radius 3 is 2.44 bits per heavy atom. The number of hydrogen-bond acceptors (Lipinski definition) is 5. The van der Waals surface area contributed by atoms with Crippen molar-refractivity contribution in [3.8, 4) is 0 Å². The average Bonchev–Trinajstić information content (AvgIpc) is 3.43. The average molecular weight is 594 g/mol. The van der Waals surface area contributed by atoms with Crippen LogP contribution < -0.4 is 16.0 Å². The molecule has 0 spiro atoms. The predicted octanol–water partition coefficient (Wildman–Crippen LogP) is 3.54. The highest BCUT2D eigenvalue weighted by atomic mass is 16.2. The second-order valence-corrected chi connectivity index (χ2v) is 12.1. The van der Waals surface area contributed by atoms with Gasteiger partial charge in [-0.1, -0.05) is 58.2 Å². The molecule has 2 aliphatic rings. The third-order valence-electron chi connectivity index (χ3n) is 9.07. The number of aromatic amines is 1. The first kappa shape index (κ1) is 32.2. The van der Waals surface area contributed by atoms with E-state index in [1.165, 1.54) is 0 Å². The van der Waals surface area contributed by atoms with E-state index in [0.29, 0.717) is 45.1 Å². The molecule has 0 unspecified atom stereocenters. The van der Waals surface area contributed by atoms with Crippen molar-refractivity contribution < 1.29 is 24.0 Å². The molecule has 0 aliphatic carbocycles. The van der Waals surface area contributed by atoms with E-state index in [-0.39, 0.29) is 29.9 Å². The quantitative estimate of drug-likeness (QED) is 0.295. The van der Waals surface area contributed by atoms with Crippen LogP contribution in [0.3, 0.4) is 0 Å². The normalized spacial score (nSPS) is 24.3. The molecule has 0 radical (unpaired) electrons. The van der Waals surface area contributed by atoms with Gasteiger partial charge in [0.25, 0.3) is 0 Å². The predicted molar refractivity (Wildman–Crippen MR) is 165 cm³/mol. The van der Waals surface area contributed by atoms with Gasteiger partial charge < -0.3 is 25.8 Å². The standard InChI is InChI=1S/C33H47N5O5/c1-4-21(3)29-33(43)38-18-12-11-17-28(38)32(42)35-26(16-8-6-7-13-23(39)5-2)30(40)36-27(31(41)37-29)19-22-20-34-25-15-10-9-14-24(22)25/h9-10,14-15,20-21,26-29,34H,4-8,11-13,16-19H2,1-3H3,(H,35,42)(H,36,40)(H,37,41)/t21-,26-,27+,28+,29-/m0/s1. The number of hydrogen-bond donors (Lipinski definition) is 4. The number of ketones is 1. The number of aromatic nitrogens is 1. The summed E-state index contributed by atoms with van der Waals surface area (Å²) in [5, 5.41) is 9.82. The van der Waals surface area contributed by atoms with Crippen LogP contribution in [0, 0.1) is 5.92 Å². The number of unbranched alkanes of at least 4 members (excludes halogenated alkanes) is 2. The molecule has 3 heterocycles. The summed E-state index contributed by atoms with van der Waals surface area (Å²) in [5.41, 5.74) is 1.79. The Balaban J connectivity index is 1.63. The first-order chi connectivity index (χ1) is 20.7. The number of carbonyl (C=O) groups is 5. The van der Waals surface area contributed by atoms with E-state index in [1.807, 2.05) is 51.2 Å². The SMILES string of the molecule is CCC(=O)CCCCC[C@@H]1NC(=O)[C@H]2CCCCN2C(=O)[C@H]([C@@H](C)CC)NC(=O)[C@@H](Cc2c[nH]c3ccccc23)NC1=O. The number of piperidine rings is 1. The van der Waals surface area contributed by atoms with Crippen molar-refractivity contribution in [1.82, 2.24) is 25.8 Å². The molecule has 2 aromatic rings. The van der Waals surface area contributed by atoms with Gasteiger partial charge in [0.05, 0.1) is 0 Å². The Morgan fingerprint density at radius 2 is 1.67 bits per heavy atom. The monoisotopic (exact) mass is 593 g/mol. The molecule has 2 aliphatic heterocycles. The zero-order chi connectivity index (χ0) is 30.9. The minimum atomic E-state index is -0.954. The van der Waals surface area contributed by atoms with Crippen LogP contribution in [0.1, 0.15) is 90.5 Å². The van der Waals surface area contributed by atoms with Gasteiger partial charge in [0, 0.05) is 42.9 Å². The Kier molecular flexibility index (Phi) is 11.4. The summed E-state index contributed by atoms with van der Waals surface area (Å²) in [5.74, 6) is -1.39. The molecular formula is C33H47N5O5. The Bertz CT molecular complexity index is 1310. The number of rotatable bonds is 11. The van der Waals surface area contributed by atoms with Crippen LogP contribution in [0.5, 0.6) is 0 Å². The first-order valence-corrected chi connectivity index (χ1v) is 16.0. The van der Waals surface area contributed by atoms with Gasteiger partial charge in [0.1, 0.15) is 30.0 Å². The molecule has 234 valence electrons. The summed E-state index contributed by atoms with van der Waals surface area (Å²) < 4.78 is 0. The van der Waals surface area contributed by atoms with Gasteiger partial charge >= 0.3 is 0 Å². The number of nitrogens with zero attached hydrogens (tertiary/aromatic N) is 1.